The van der Waals surface area contributed by atoms with Gasteiger partial charge >= 0.3 is 0 Å². The number of ether oxygens (including phenoxy) is 1. The van der Waals surface area contributed by atoms with Gasteiger partial charge in [-0.1, -0.05) is 34.5 Å². The van der Waals surface area contributed by atoms with Gasteiger partial charge in [-0.3, -0.25) is 14.6 Å². The summed E-state index contributed by atoms with van der Waals surface area (Å²) in [4.78, 5) is 22.1. The number of thiazole rings is 1. The summed E-state index contributed by atoms with van der Waals surface area (Å²) in [5.74, 6) is -0.290. The quantitative estimate of drug-likeness (QED) is 0.495. The topological polar surface area (TPSA) is 79.8 Å². The van der Waals surface area contributed by atoms with Crippen molar-refractivity contribution in [2.24, 2.45) is 0 Å². The largest absolute Gasteiger partial charge is 0.379 e. The van der Waals surface area contributed by atoms with Crippen LogP contribution in [0.25, 0.3) is 10.2 Å². The van der Waals surface area contributed by atoms with Crippen LogP contribution in [0.1, 0.15) is 10.4 Å². The number of sulfone groups is 1. The summed E-state index contributed by atoms with van der Waals surface area (Å²) in [7, 11) is -3.35. The maximum atomic E-state index is 13.5. The number of anilines is 1. The van der Waals surface area contributed by atoms with Crippen LogP contribution in [0, 0.1) is 0 Å². The van der Waals surface area contributed by atoms with E-state index in [2.05, 4.69) is 9.88 Å². The molecule has 0 unspecified atom stereocenters. The van der Waals surface area contributed by atoms with Gasteiger partial charge in [0.05, 0.1) is 38.9 Å². The molecule has 1 fully saturated rings. The Balaban J connectivity index is 1.69. The van der Waals surface area contributed by atoms with Gasteiger partial charge < -0.3 is 4.74 Å². The van der Waals surface area contributed by atoms with Gasteiger partial charge in [-0.05, 0) is 36.4 Å². The van der Waals surface area contributed by atoms with Gasteiger partial charge in [0, 0.05) is 37.5 Å². The van der Waals surface area contributed by atoms with E-state index in [1.54, 1.807) is 29.2 Å². The lowest BCUT2D eigenvalue weighted by atomic mass is 10.2. The second-order valence-electron chi connectivity index (χ2n) is 7.43. The van der Waals surface area contributed by atoms with E-state index < -0.39 is 9.84 Å². The number of carbonyl (C=O) groups is 1. The molecule has 170 valence electrons. The van der Waals surface area contributed by atoms with Gasteiger partial charge in [-0.15, -0.1) is 0 Å². The molecule has 0 N–H and O–H groups in total. The Morgan fingerprint density at radius 1 is 1.19 bits per heavy atom. The summed E-state index contributed by atoms with van der Waals surface area (Å²) in [5.41, 5.74) is 0.956. The van der Waals surface area contributed by atoms with Crippen LogP contribution in [-0.2, 0) is 14.6 Å². The van der Waals surface area contributed by atoms with Gasteiger partial charge in [0.2, 0.25) is 0 Å². The van der Waals surface area contributed by atoms with E-state index >= 15 is 0 Å². The maximum Gasteiger partial charge on any atom is 0.261 e. The number of nitrogens with zero attached hydrogens (tertiary/aromatic N) is 3. The van der Waals surface area contributed by atoms with Crippen molar-refractivity contribution in [2.45, 2.75) is 4.90 Å². The second kappa shape index (κ2) is 9.62. The predicted molar refractivity (Wildman–Crippen MR) is 128 cm³/mol. The van der Waals surface area contributed by atoms with Crippen molar-refractivity contribution in [2.75, 3.05) is 50.5 Å². The Bertz CT molecular complexity index is 1260. The fraction of sp³-hybridized carbons (Fsp3) is 0.333. The number of fused-ring (bicyclic) bond motifs is 1. The molecule has 2 aromatic carbocycles. The third kappa shape index (κ3) is 5.24. The minimum atomic E-state index is -3.35. The molecule has 0 spiro atoms. The van der Waals surface area contributed by atoms with Gasteiger partial charge in [-0.25, -0.2) is 13.4 Å². The smallest absolute Gasteiger partial charge is 0.261 e. The summed E-state index contributed by atoms with van der Waals surface area (Å²) in [6, 6.07) is 9.53. The SMILES string of the molecule is CS(=O)(=O)c1ccc2nc(N(CCN3CCOCC3)C(=O)c3ccc(Cl)cc3Cl)sc2c1. The molecular weight excluding hydrogens is 493 g/mol. The summed E-state index contributed by atoms with van der Waals surface area (Å²) in [6.07, 6.45) is 1.16. The van der Waals surface area contributed by atoms with Crippen molar-refractivity contribution in [1.82, 2.24) is 9.88 Å². The highest BCUT2D eigenvalue weighted by Gasteiger charge is 2.25. The first kappa shape index (κ1) is 23.4. The summed E-state index contributed by atoms with van der Waals surface area (Å²) >= 11 is 13.6. The van der Waals surface area contributed by atoms with Crippen LogP contribution in [0.3, 0.4) is 0 Å². The molecule has 11 heteroatoms. The zero-order chi connectivity index (χ0) is 22.9. The number of halogens is 2. The molecular formula is C21H21Cl2N3O4S2. The molecule has 3 aromatic rings. The third-order valence-corrected chi connectivity index (χ3v) is 7.86. The molecule has 0 aliphatic carbocycles. The van der Waals surface area contributed by atoms with Crippen molar-refractivity contribution in [3.8, 4) is 0 Å². The van der Waals surface area contributed by atoms with Crippen LogP contribution >= 0.6 is 34.5 Å². The van der Waals surface area contributed by atoms with E-state index in [4.69, 9.17) is 27.9 Å². The second-order valence-corrected chi connectivity index (χ2v) is 11.3. The summed E-state index contributed by atoms with van der Waals surface area (Å²) < 4.78 is 30.0. The van der Waals surface area contributed by atoms with Crippen molar-refractivity contribution in [3.05, 3.63) is 52.0 Å². The van der Waals surface area contributed by atoms with Gasteiger partial charge in [0.15, 0.2) is 15.0 Å². The molecule has 0 bridgehead atoms. The Morgan fingerprint density at radius 2 is 1.94 bits per heavy atom. The first-order valence-corrected chi connectivity index (χ1v) is 13.4. The Kier molecular flexibility index (Phi) is 7.04. The molecule has 1 aliphatic rings. The zero-order valence-corrected chi connectivity index (χ0v) is 20.4. The molecule has 2 heterocycles. The average Bonchev–Trinajstić information content (AvgIpc) is 3.17. The minimum absolute atomic E-state index is 0.215. The first-order chi connectivity index (χ1) is 15.2. The number of amides is 1. The van der Waals surface area contributed by atoms with E-state index in [-0.39, 0.29) is 15.8 Å². The monoisotopic (exact) mass is 513 g/mol. The van der Waals surface area contributed by atoms with Gasteiger partial charge in [0.25, 0.3) is 5.91 Å². The number of aromatic nitrogens is 1. The molecule has 1 aromatic heterocycles. The van der Waals surface area contributed by atoms with Crippen LogP contribution in [0.5, 0.6) is 0 Å². The molecule has 7 nitrogen and oxygen atoms in total. The summed E-state index contributed by atoms with van der Waals surface area (Å²) in [5, 5.41) is 1.19. The summed E-state index contributed by atoms with van der Waals surface area (Å²) in [6.45, 7) is 3.95. The highest BCUT2D eigenvalue weighted by molar-refractivity contribution is 7.90. The highest BCUT2D eigenvalue weighted by Crippen LogP contribution is 2.32. The average molecular weight is 514 g/mol. The lowest BCUT2D eigenvalue weighted by Crippen LogP contribution is -2.43. The molecule has 0 saturated carbocycles. The standard InChI is InChI=1S/C21H21Cl2N3O4S2/c1-32(28,29)15-3-5-18-19(13-15)31-21(24-18)26(7-6-25-8-10-30-11-9-25)20(27)16-4-2-14(22)12-17(16)23/h2-5,12-13H,6-11H2,1H3. The molecule has 4 rings (SSSR count). The van der Waals surface area contributed by atoms with Gasteiger partial charge in [0.1, 0.15) is 0 Å². The number of rotatable bonds is 6. The van der Waals surface area contributed by atoms with Crippen molar-refractivity contribution in [1.29, 1.82) is 0 Å². The Hall–Kier alpha value is -1.75. The van der Waals surface area contributed by atoms with E-state index in [1.807, 2.05) is 0 Å². The maximum absolute atomic E-state index is 13.5. The Labute approximate surface area is 200 Å². The molecule has 1 aliphatic heterocycles. The predicted octanol–water partition coefficient (Wildman–Crippen LogP) is 3.99. The zero-order valence-electron chi connectivity index (χ0n) is 17.3. The molecule has 32 heavy (non-hydrogen) atoms. The van der Waals surface area contributed by atoms with E-state index in [0.717, 1.165) is 19.3 Å². The normalized spacial score (nSPS) is 15.2. The molecule has 1 amide bonds. The number of morpholine rings is 1. The van der Waals surface area contributed by atoms with Crippen molar-refractivity contribution in [3.63, 3.8) is 0 Å². The fourth-order valence-electron chi connectivity index (χ4n) is 3.40. The van der Waals surface area contributed by atoms with E-state index in [1.165, 1.54) is 23.5 Å². The number of hydrogen-bond donors (Lipinski definition) is 0. The number of benzene rings is 2. The van der Waals surface area contributed by atoms with E-state index in [9.17, 15) is 13.2 Å². The fourth-order valence-corrected chi connectivity index (χ4v) is 5.64. The lowest BCUT2D eigenvalue weighted by molar-refractivity contribution is 0.0391. The Morgan fingerprint density at radius 3 is 2.62 bits per heavy atom. The number of carbonyl (C=O) groups excluding carboxylic acids is 1. The van der Waals surface area contributed by atoms with Gasteiger partial charge in [-0.2, -0.15) is 0 Å². The van der Waals surface area contributed by atoms with Crippen LogP contribution in [0.4, 0.5) is 5.13 Å². The van der Waals surface area contributed by atoms with Crippen LogP contribution in [0.2, 0.25) is 10.0 Å². The lowest BCUT2D eigenvalue weighted by Gasteiger charge is -2.29. The van der Waals surface area contributed by atoms with Crippen LogP contribution in [-0.4, -0.2) is 69.9 Å². The van der Waals surface area contributed by atoms with E-state index in [0.29, 0.717) is 52.2 Å². The molecule has 1 saturated heterocycles. The molecule has 0 atom stereocenters. The van der Waals surface area contributed by atoms with Crippen molar-refractivity contribution >= 4 is 65.6 Å². The third-order valence-electron chi connectivity index (χ3n) is 5.16. The highest BCUT2D eigenvalue weighted by atomic mass is 35.5. The molecule has 0 radical (unpaired) electrons. The van der Waals surface area contributed by atoms with Crippen LogP contribution < -0.4 is 4.90 Å². The minimum Gasteiger partial charge on any atom is -0.379 e. The first-order valence-electron chi connectivity index (χ1n) is 9.90. The van der Waals surface area contributed by atoms with Crippen LogP contribution in [0.15, 0.2) is 41.3 Å². The number of hydrogen-bond acceptors (Lipinski definition) is 7. The van der Waals surface area contributed by atoms with Crippen molar-refractivity contribution < 1.29 is 17.9 Å².